The normalized spacial score (nSPS) is 14.0. The standard InChI is InChI=1S/C20H28N4O2S.HI/c1-4-21-20(23-16-5-6-17(25-2)18(13-16)26-3)22-9-11-24-10-7-19-15(14-24)8-12-27-19;/h5-6,8,12-13H,4,7,9-11,14H2,1-3H3,(H2,21,22,23);1H. The third-order valence-electron chi connectivity index (χ3n) is 4.56. The van der Waals surface area contributed by atoms with Crippen LogP contribution in [0, 0.1) is 0 Å². The van der Waals surface area contributed by atoms with Crippen LogP contribution >= 0.6 is 35.3 Å². The van der Waals surface area contributed by atoms with Crippen molar-refractivity contribution in [3.8, 4) is 11.5 Å². The minimum Gasteiger partial charge on any atom is -0.493 e. The predicted molar refractivity (Wildman–Crippen MR) is 128 cm³/mol. The molecule has 2 heterocycles. The van der Waals surface area contributed by atoms with Crippen molar-refractivity contribution in [3.05, 3.63) is 40.1 Å². The van der Waals surface area contributed by atoms with E-state index < -0.39 is 0 Å². The maximum Gasteiger partial charge on any atom is 0.195 e. The maximum absolute atomic E-state index is 5.37. The van der Waals surface area contributed by atoms with Gasteiger partial charge >= 0.3 is 0 Å². The molecule has 6 nitrogen and oxygen atoms in total. The first kappa shape index (κ1) is 22.8. The summed E-state index contributed by atoms with van der Waals surface area (Å²) in [7, 11) is 3.27. The number of ether oxygens (including phenoxy) is 2. The van der Waals surface area contributed by atoms with Gasteiger partial charge in [-0.05, 0) is 42.5 Å². The third-order valence-corrected chi connectivity index (χ3v) is 5.59. The smallest absolute Gasteiger partial charge is 0.195 e. The number of halogens is 1. The van der Waals surface area contributed by atoms with E-state index in [0.717, 1.165) is 50.8 Å². The Kier molecular flexibility index (Phi) is 9.33. The van der Waals surface area contributed by atoms with Crippen LogP contribution in [0.4, 0.5) is 5.69 Å². The van der Waals surface area contributed by atoms with Crippen molar-refractivity contribution in [2.45, 2.75) is 19.9 Å². The Morgan fingerprint density at radius 1 is 1.21 bits per heavy atom. The van der Waals surface area contributed by atoms with E-state index in [1.165, 1.54) is 5.56 Å². The number of benzene rings is 1. The van der Waals surface area contributed by atoms with Crippen molar-refractivity contribution in [2.24, 2.45) is 4.99 Å². The average Bonchev–Trinajstić information content (AvgIpc) is 3.16. The van der Waals surface area contributed by atoms with Crippen LogP contribution in [0.1, 0.15) is 17.4 Å². The van der Waals surface area contributed by atoms with Gasteiger partial charge in [0.25, 0.3) is 0 Å². The first-order valence-corrected chi connectivity index (χ1v) is 10.2. The number of nitrogens with zero attached hydrogens (tertiary/aromatic N) is 2. The Bertz CT molecular complexity index is 781. The second-order valence-electron chi connectivity index (χ2n) is 6.35. The van der Waals surface area contributed by atoms with Crippen LogP contribution < -0.4 is 20.1 Å². The number of hydrogen-bond donors (Lipinski definition) is 2. The molecule has 154 valence electrons. The molecule has 0 aliphatic carbocycles. The highest BCUT2D eigenvalue weighted by molar-refractivity contribution is 14.0. The Hall–Kier alpha value is -1.52. The van der Waals surface area contributed by atoms with Crippen molar-refractivity contribution in [1.29, 1.82) is 0 Å². The van der Waals surface area contributed by atoms with E-state index in [0.29, 0.717) is 11.5 Å². The van der Waals surface area contributed by atoms with E-state index in [2.05, 4.69) is 33.9 Å². The second-order valence-corrected chi connectivity index (χ2v) is 7.35. The van der Waals surface area contributed by atoms with Crippen LogP contribution in [-0.2, 0) is 13.0 Å². The van der Waals surface area contributed by atoms with Crippen LogP contribution in [0.2, 0.25) is 0 Å². The summed E-state index contributed by atoms with van der Waals surface area (Å²) in [5.41, 5.74) is 2.39. The van der Waals surface area contributed by atoms with E-state index in [1.54, 1.807) is 19.1 Å². The Labute approximate surface area is 188 Å². The average molecular weight is 516 g/mol. The number of thiophene rings is 1. The van der Waals surface area contributed by atoms with Crippen molar-refractivity contribution >= 4 is 47.0 Å². The van der Waals surface area contributed by atoms with E-state index in [9.17, 15) is 0 Å². The molecular weight excluding hydrogens is 487 g/mol. The summed E-state index contributed by atoms with van der Waals surface area (Å²) < 4.78 is 10.7. The lowest BCUT2D eigenvalue weighted by atomic mass is 10.1. The van der Waals surface area contributed by atoms with E-state index in [-0.39, 0.29) is 24.0 Å². The Morgan fingerprint density at radius 2 is 2.04 bits per heavy atom. The number of guanidine groups is 1. The summed E-state index contributed by atoms with van der Waals surface area (Å²) in [6.45, 7) is 6.73. The molecule has 1 aliphatic heterocycles. The molecule has 0 bridgehead atoms. The van der Waals surface area contributed by atoms with Gasteiger partial charge in [-0.1, -0.05) is 0 Å². The molecule has 2 aromatic rings. The van der Waals surface area contributed by atoms with Crippen LogP contribution in [0.5, 0.6) is 11.5 Å². The molecule has 1 aromatic heterocycles. The van der Waals surface area contributed by atoms with Gasteiger partial charge in [0, 0.05) is 42.8 Å². The van der Waals surface area contributed by atoms with Gasteiger partial charge in [-0.3, -0.25) is 9.89 Å². The van der Waals surface area contributed by atoms with Crippen molar-refractivity contribution in [2.75, 3.05) is 45.7 Å². The van der Waals surface area contributed by atoms with Crippen LogP contribution in [0.15, 0.2) is 34.6 Å². The van der Waals surface area contributed by atoms with Crippen molar-refractivity contribution in [3.63, 3.8) is 0 Å². The Morgan fingerprint density at radius 3 is 2.79 bits per heavy atom. The molecule has 0 radical (unpaired) electrons. The lowest BCUT2D eigenvalue weighted by Crippen LogP contribution is -2.34. The molecule has 8 heteroatoms. The van der Waals surface area contributed by atoms with Gasteiger partial charge in [-0.15, -0.1) is 35.3 Å². The quantitative estimate of drug-likeness (QED) is 0.333. The zero-order chi connectivity index (χ0) is 19.1. The fourth-order valence-corrected chi connectivity index (χ4v) is 4.05. The number of hydrogen-bond acceptors (Lipinski definition) is 5. The topological polar surface area (TPSA) is 58.1 Å². The highest BCUT2D eigenvalue weighted by atomic mass is 127. The summed E-state index contributed by atoms with van der Waals surface area (Å²) >= 11 is 1.88. The Balaban J connectivity index is 0.00000280. The number of rotatable bonds is 7. The van der Waals surface area contributed by atoms with Gasteiger partial charge < -0.3 is 20.1 Å². The molecule has 1 aromatic carbocycles. The molecule has 0 saturated carbocycles. The zero-order valence-corrected chi connectivity index (χ0v) is 19.8. The second kappa shape index (κ2) is 11.5. The van der Waals surface area contributed by atoms with Gasteiger partial charge in [0.15, 0.2) is 17.5 Å². The van der Waals surface area contributed by atoms with Crippen LogP contribution in [-0.4, -0.2) is 51.3 Å². The van der Waals surface area contributed by atoms with Gasteiger partial charge in [-0.25, -0.2) is 0 Å². The molecule has 3 rings (SSSR count). The minimum atomic E-state index is 0. The number of methoxy groups -OCH3 is 2. The van der Waals surface area contributed by atoms with Crippen molar-refractivity contribution < 1.29 is 9.47 Å². The molecular formula is C20H29IN4O2S. The molecule has 28 heavy (non-hydrogen) atoms. The highest BCUT2D eigenvalue weighted by Gasteiger charge is 2.16. The minimum absolute atomic E-state index is 0. The maximum atomic E-state index is 5.37. The van der Waals surface area contributed by atoms with Gasteiger partial charge in [0.1, 0.15) is 0 Å². The number of anilines is 1. The van der Waals surface area contributed by atoms with Gasteiger partial charge in [-0.2, -0.15) is 0 Å². The molecule has 2 N–H and O–H groups in total. The lowest BCUT2D eigenvalue weighted by molar-refractivity contribution is 0.264. The molecule has 0 unspecified atom stereocenters. The van der Waals surface area contributed by atoms with Gasteiger partial charge in [0.2, 0.25) is 0 Å². The first-order valence-electron chi connectivity index (χ1n) is 9.28. The SMILES string of the molecule is CCNC(=NCCN1CCc2sccc2C1)Nc1ccc(OC)c(OC)c1.I. The third kappa shape index (κ3) is 5.99. The first-order chi connectivity index (χ1) is 13.2. The summed E-state index contributed by atoms with van der Waals surface area (Å²) in [5, 5.41) is 8.84. The number of fused-ring (bicyclic) bond motifs is 1. The van der Waals surface area contributed by atoms with Crippen LogP contribution in [0.3, 0.4) is 0 Å². The zero-order valence-electron chi connectivity index (χ0n) is 16.7. The summed E-state index contributed by atoms with van der Waals surface area (Å²) in [6.07, 6.45) is 1.15. The number of nitrogens with one attached hydrogen (secondary N) is 2. The molecule has 0 fully saturated rings. The predicted octanol–water partition coefficient (Wildman–Crippen LogP) is 3.82. The van der Waals surface area contributed by atoms with E-state index in [1.807, 2.05) is 29.5 Å². The highest BCUT2D eigenvalue weighted by Crippen LogP contribution is 2.29. The number of aliphatic imine (C=N–C) groups is 1. The monoisotopic (exact) mass is 516 g/mol. The molecule has 0 spiro atoms. The van der Waals surface area contributed by atoms with Gasteiger partial charge in [0.05, 0.1) is 20.8 Å². The molecule has 0 amide bonds. The van der Waals surface area contributed by atoms with Crippen molar-refractivity contribution in [1.82, 2.24) is 10.2 Å². The summed E-state index contributed by atoms with van der Waals surface area (Å²) in [6, 6.07) is 8.00. The lowest BCUT2D eigenvalue weighted by Gasteiger charge is -2.26. The fourth-order valence-electron chi connectivity index (χ4n) is 3.16. The summed E-state index contributed by atoms with van der Waals surface area (Å²) in [4.78, 5) is 8.74. The largest absolute Gasteiger partial charge is 0.493 e. The summed E-state index contributed by atoms with van der Waals surface area (Å²) in [5.74, 6) is 2.18. The van der Waals surface area contributed by atoms with Crippen LogP contribution in [0.25, 0.3) is 0 Å². The van der Waals surface area contributed by atoms with E-state index >= 15 is 0 Å². The van der Waals surface area contributed by atoms with E-state index in [4.69, 9.17) is 14.5 Å². The molecule has 0 atom stereocenters. The molecule has 0 saturated heterocycles. The molecule has 1 aliphatic rings. The fraction of sp³-hybridized carbons (Fsp3) is 0.450.